The van der Waals surface area contributed by atoms with E-state index in [4.69, 9.17) is 26.3 Å². The Morgan fingerprint density at radius 2 is 2.00 bits per heavy atom. The Balaban J connectivity index is 1.34. The fraction of sp³-hybridized carbons (Fsp3) is 0.471. The highest BCUT2D eigenvalue weighted by atomic mass is 35.5. The minimum atomic E-state index is -0.707. The summed E-state index contributed by atoms with van der Waals surface area (Å²) in [5.74, 6) is 0.518. The highest BCUT2D eigenvalue weighted by molar-refractivity contribution is 6.36. The van der Waals surface area contributed by atoms with Gasteiger partial charge in [-0.25, -0.2) is 4.39 Å². The third-order valence-electron chi connectivity index (χ3n) is 9.58. The molecule has 3 aromatic rings. The molecular formula is C34H39ClFN7O2. The quantitative estimate of drug-likeness (QED) is 0.315. The van der Waals surface area contributed by atoms with E-state index in [0.717, 1.165) is 59.5 Å². The molecule has 9 nitrogen and oxygen atoms in total. The van der Waals surface area contributed by atoms with Crippen LogP contribution in [-0.2, 0) is 17.8 Å². The zero-order valence-corrected chi connectivity index (χ0v) is 26.6. The summed E-state index contributed by atoms with van der Waals surface area (Å²) in [5.41, 5.74) is 2.93. The Morgan fingerprint density at radius 1 is 1.18 bits per heavy atom. The molecule has 45 heavy (non-hydrogen) atoms. The maximum atomic E-state index is 12.8. The van der Waals surface area contributed by atoms with E-state index < -0.39 is 6.67 Å². The normalized spacial score (nSPS) is 22.2. The molecule has 0 N–H and O–H groups in total. The van der Waals surface area contributed by atoms with Gasteiger partial charge in [0.15, 0.2) is 0 Å². The van der Waals surface area contributed by atoms with Crippen molar-refractivity contribution in [3.05, 3.63) is 64.8 Å². The maximum absolute atomic E-state index is 12.8. The summed E-state index contributed by atoms with van der Waals surface area (Å²) in [6.45, 7) is 5.71. The van der Waals surface area contributed by atoms with Crippen LogP contribution in [0.3, 0.4) is 0 Å². The van der Waals surface area contributed by atoms with Crippen molar-refractivity contribution in [2.45, 2.75) is 50.7 Å². The monoisotopic (exact) mass is 631 g/mol. The molecule has 0 saturated carbocycles. The number of halogens is 2. The van der Waals surface area contributed by atoms with Crippen LogP contribution in [0.5, 0.6) is 6.01 Å². The van der Waals surface area contributed by atoms with Crippen LogP contribution in [0.1, 0.15) is 37.4 Å². The molecule has 0 radical (unpaired) electrons. The van der Waals surface area contributed by atoms with Crippen LogP contribution < -0.4 is 14.5 Å². The molecule has 2 aromatic carbocycles. The first-order valence-corrected chi connectivity index (χ1v) is 16.0. The summed E-state index contributed by atoms with van der Waals surface area (Å²) in [7, 11) is 2.13. The standard InChI is InChI=1S/C34H39ClFN7O2/c1-34(14-6-17-40(34)2)23-45-33-38-28-22-41(29-10-4-8-24-7-3-9-27(35)31(24)29)18-13-26(28)32(39-33)42-19-20-43(25(21-42)12-16-37)30(44)11-5-15-36/h3-5,7-11,25H,6,12-15,17-23H2,1-2H3/b11-5+/t25-,34?/m0/s1. The second-order valence-corrected chi connectivity index (χ2v) is 12.8. The first-order chi connectivity index (χ1) is 21.8. The van der Waals surface area contributed by atoms with Crippen molar-refractivity contribution in [3.8, 4) is 12.1 Å². The molecule has 11 heteroatoms. The molecule has 6 rings (SSSR count). The zero-order chi connectivity index (χ0) is 31.6. The first-order valence-electron chi connectivity index (χ1n) is 15.6. The number of fused-ring (bicyclic) bond motifs is 2. The maximum Gasteiger partial charge on any atom is 0.318 e. The van der Waals surface area contributed by atoms with E-state index in [-0.39, 0.29) is 23.9 Å². The third-order valence-corrected chi connectivity index (χ3v) is 9.89. The van der Waals surface area contributed by atoms with E-state index in [0.29, 0.717) is 50.2 Å². The van der Waals surface area contributed by atoms with Crippen LogP contribution in [0, 0.1) is 11.3 Å². The van der Waals surface area contributed by atoms with Gasteiger partial charge in [-0.15, -0.1) is 0 Å². The summed E-state index contributed by atoms with van der Waals surface area (Å²) in [6, 6.07) is 14.4. The number of likely N-dealkylation sites (tertiary alicyclic amines) is 1. The number of nitriles is 1. The van der Waals surface area contributed by atoms with Crippen LogP contribution in [0.25, 0.3) is 10.8 Å². The van der Waals surface area contributed by atoms with Crippen molar-refractivity contribution in [2.24, 2.45) is 0 Å². The van der Waals surface area contributed by atoms with Gasteiger partial charge in [-0.2, -0.15) is 15.2 Å². The summed E-state index contributed by atoms with van der Waals surface area (Å²) < 4.78 is 19.1. The van der Waals surface area contributed by atoms with Gasteiger partial charge >= 0.3 is 6.01 Å². The van der Waals surface area contributed by atoms with Crippen LogP contribution >= 0.6 is 11.6 Å². The number of amides is 1. The van der Waals surface area contributed by atoms with E-state index in [9.17, 15) is 14.4 Å². The lowest BCUT2D eigenvalue weighted by Gasteiger charge is -2.42. The van der Waals surface area contributed by atoms with E-state index in [1.165, 1.54) is 12.2 Å². The smallest absolute Gasteiger partial charge is 0.318 e. The van der Waals surface area contributed by atoms with E-state index in [2.05, 4.69) is 59.0 Å². The predicted molar refractivity (Wildman–Crippen MR) is 175 cm³/mol. The van der Waals surface area contributed by atoms with Gasteiger partial charge in [0, 0.05) is 48.9 Å². The number of hydrogen-bond donors (Lipinski definition) is 0. The fourth-order valence-electron chi connectivity index (χ4n) is 6.88. The van der Waals surface area contributed by atoms with Gasteiger partial charge in [0.25, 0.3) is 0 Å². The van der Waals surface area contributed by atoms with Gasteiger partial charge in [0.2, 0.25) is 5.91 Å². The average molecular weight is 632 g/mol. The third kappa shape index (κ3) is 6.29. The Hall–Kier alpha value is -3.94. The highest BCUT2D eigenvalue weighted by Gasteiger charge is 2.36. The van der Waals surface area contributed by atoms with Gasteiger partial charge in [0.05, 0.1) is 41.3 Å². The number of rotatable bonds is 8. The molecule has 236 valence electrons. The van der Waals surface area contributed by atoms with Gasteiger partial charge in [-0.3, -0.25) is 9.69 Å². The number of carbonyl (C=O) groups excluding carboxylic acids is 1. The predicted octanol–water partition coefficient (Wildman–Crippen LogP) is 5.17. The number of ether oxygens (including phenoxy) is 1. The van der Waals surface area contributed by atoms with Crippen molar-refractivity contribution >= 4 is 39.8 Å². The van der Waals surface area contributed by atoms with Gasteiger partial charge in [-0.05, 0) is 63.4 Å². The van der Waals surface area contributed by atoms with Crippen LogP contribution in [-0.4, -0.2) is 90.3 Å². The summed E-state index contributed by atoms with van der Waals surface area (Å²) in [6.07, 6.45) is 5.52. The molecule has 2 saturated heterocycles. The van der Waals surface area contributed by atoms with E-state index in [1.807, 2.05) is 12.1 Å². The lowest BCUT2D eigenvalue weighted by atomic mass is 10.0. The lowest BCUT2D eigenvalue weighted by Crippen LogP contribution is -2.55. The van der Waals surface area contributed by atoms with Crippen LogP contribution in [0.15, 0.2) is 48.6 Å². The molecule has 4 heterocycles. The second kappa shape index (κ2) is 13.2. The van der Waals surface area contributed by atoms with Gasteiger partial charge < -0.3 is 19.4 Å². The minimum absolute atomic E-state index is 0.0951. The molecular weight excluding hydrogens is 593 g/mol. The topological polar surface area (TPSA) is 88.8 Å². The summed E-state index contributed by atoms with van der Waals surface area (Å²) >= 11 is 6.71. The van der Waals surface area contributed by atoms with Crippen molar-refractivity contribution < 1.29 is 13.9 Å². The number of benzene rings is 2. The van der Waals surface area contributed by atoms with Crippen LogP contribution in [0.4, 0.5) is 15.9 Å². The number of allylic oxidation sites excluding steroid dienone is 1. The van der Waals surface area contributed by atoms with Crippen molar-refractivity contribution in [1.29, 1.82) is 5.26 Å². The average Bonchev–Trinajstić information content (AvgIpc) is 3.39. The van der Waals surface area contributed by atoms with Gasteiger partial charge in [0.1, 0.15) is 19.1 Å². The molecule has 2 atom stereocenters. The summed E-state index contributed by atoms with van der Waals surface area (Å²) in [4.78, 5) is 31.2. The molecule has 1 unspecified atom stereocenters. The molecule has 1 aromatic heterocycles. The minimum Gasteiger partial charge on any atom is -0.461 e. The van der Waals surface area contributed by atoms with Crippen LogP contribution in [0.2, 0.25) is 5.02 Å². The number of alkyl halides is 1. The summed E-state index contributed by atoms with van der Waals surface area (Å²) in [5, 5.41) is 12.4. The molecule has 0 aliphatic carbocycles. The molecule has 0 bridgehead atoms. The Morgan fingerprint density at radius 3 is 2.76 bits per heavy atom. The number of carbonyl (C=O) groups is 1. The molecule has 3 aliphatic rings. The molecule has 1 amide bonds. The van der Waals surface area contributed by atoms with Gasteiger partial charge in [-0.1, -0.05) is 35.9 Å². The van der Waals surface area contributed by atoms with Crippen molar-refractivity contribution in [1.82, 2.24) is 19.8 Å². The molecule has 3 aliphatic heterocycles. The Kier molecular flexibility index (Phi) is 9.11. The van der Waals surface area contributed by atoms with E-state index in [1.54, 1.807) is 4.90 Å². The Labute approximate surface area is 268 Å². The SMILES string of the molecule is CN1CCCC1(C)COc1nc2c(c(N3CCN(C(=O)/C=C/CF)[C@@H](CC#N)C3)n1)CCN(c1cccc3cccc(Cl)c13)C2. The highest BCUT2D eigenvalue weighted by Crippen LogP contribution is 2.37. The lowest BCUT2D eigenvalue weighted by molar-refractivity contribution is -0.128. The molecule has 0 spiro atoms. The second-order valence-electron chi connectivity index (χ2n) is 12.4. The number of nitrogens with zero attached hydrogens (tertiary/aromatic N) is 7. The van der Waals surface area contributed by atoms with Crippen molar-refractivity contribution in [3.63, 3.8) is 0 Å². The number of likely N-dealkylation sites (N-methyl/N-ethyl adjacent to an activating group) is 1. The Bertz CT molecular complexity index is 1640. The largest absolute Gasteiger partial charge is 0.461 e. The first kappa shape index (κ1) is 31.1. The molecule has 2 fully saturated rings. The fourth-order valence-corrected chi connectivity index (χ4v) is 7.16. The number of piperazine rings is 1. The number of aromatic nitrogens is 2. The zero-order valence-electron chi connectivity index (χ0n) is 25.9. The number of hydrogen-bond acceptors (Lipinski definition) is 8. The van der Waals surface area contributed by atoms with Crippen molar-refractivity contribution in [2.75, 3.05) is 62.9 Å². The van der Waals surface area contributed by atoms with E-state index >= 15 is 0 Å². The number of anilines is 2.